The van der Waals surface area contributed by atoms with Crippen molar-refractivity contribution in [1.82, 2.24) is 0 Å². The van der Waals surface area contributed by atoms with Crippen molar-refractivity contribution in [2.45, 2.75) is 31.8 Å². The van der Waals surface area contributed by atoms with Crippen molar-refractivity contribution in [3.63, 3.8) is 0 Å². The predicted octanol–water partition coefficient (Wildman–Crippen LogP) is 2.49. The summed E-state index contributed by atoms with van der Waals surface area (Å²) in [6.45, 7) is 3.08. The fraction of sp³-hybridized carbons (Fsp3) is 0.538. The molecule has 1 N–H and O–H groups in total. The van der Waals surface area contributed by atoms with Gasteiger partial charge in [-0.1, -0.05) is 11.6 Å². The number of ether oxygens (including phenoxy) is 2. The predicted molar refractivity (Wildman–Crippen MR) is 65.1 cm³/mol. The first-order valence-corrected chi connectivity index (χ1v) is 6.27. The molecular formula is C13H15ClO3. The quantitative estimate of drug-likeness (QED) is 0.881. The number of fused-ring (bicyclic) bond motifs is 1. The molecule has 92 valence electrons. The minimum absolute atomic E-state index is 0.516. The highest BCUT2D eigenvalue weighted by atomic mass is 35.5. The molecular weight excluding hydrogens is 240 g/mol. The summed E-state index contributed by atoms with van der Waals surface area (Å²) in [5, 5.41) is 10.6. The number of rotatable bonds is 2. The lowest BCUT2D eigenvalue weighted by Gasteiger charge is -2.23. The Balaban J connectivity index is 2.01. The van der Waals surface area contributed by atoms with E-state index in [2.05, 4.69) is 0 Å². The van der Waals surface area contributed by atoms with Crippen LogP contribution in [0.3, 0.4) is 0 Å². The van der Waals surface area contributed by atoms with Gasteiger partial charge < -0.3 is 14.6 Å². The molecule has 1 aromatic rings. The third-order valence-electron chi connectivity index (χ3n) is 3.47. The highest BCUT2D eigenvalue weighted by molar-refractivity contribution is 6.32. The van der Waals surface area contributed by atoms with Gasteiger partial charge in [-0.2, -0.15) is 0 Å². The highest BCUT2D eigenvalue weighted by Crippen LogP contribution is 2.45. The molecule has 1 heterocycles. The van der Waals surface area contributed by atoms with Gasteiger partial charge in [-0.15, -0.1) is 0 Å². The molecule has 0 amide bonds. The lowest BCUT2D eigenvalue weighted by Crippen LogP contribution is -2.18. The zero-order valence-corrected chi connectivity index (χ0v) is 10.5. The van der Waals surface area contributed by atoms with Crippen LogP contribution in [0.2, 0.25) is 5.02 Å². The summed E-state index contributed by atoms with van der Waals surface area (Å²) in [4.78, 5) is 0. The van der Waals surface area contributed by atoms with Gasteiger partial charge in [0.15, 0.2) is 11.5 Å². The van der Waals surface area contributed by atoms with Crippen LogP contribution in [0.1, 0.15) is 24.0 Å². The normalized spacial score (nSPS) is 20.2. The molecule has 1 aliphatic carbocycles. The van der Waals surface area contributed by atoms with Crippen LogP contribution in [-0.4, -0.2) is 23.9 Å². The number of halogens is 1. The SMILES string of the molecule is Cc1c(CC2(O)CC2)cc(Cl)c2c1OCCO2. The third-order valence-corrected chi connectivity index (χ3v) is 3.75. The second-order valence-corrected chi connectivity index (χ2v) is 5.31. The fourth-order valence-corrected chi connectivity index (χ4v) is 2.48. The molecule has 1 fully saturated rings. The Morgan fingerprint density at radius 3 is 2.59 bits per heavy atom. The average Bonchev–Trinajstić information content (AvgIpc) is 3.04. The van der Waals surface area contributed by atoms with Gasteiger partial charge in [0, 0.05) is 6.42 Å². The standard InChI is InChI=1S/C13H15ClO3/c1-8-9(7-13(15)2-3-13)6-10(14)12-11(8)16-4-5-17-12/h6,15H,2-5,7H2,1H3. The average molecular weight is 255 g/mol. The van der Waals surface area contributed by atoms with Crippen LogP contribution in [0.4, 0.5) is 0 Å². The van der Waals surface area contributed by atoms with E-state index < -0.39 is 5.60 Å². The molecule has 0 unspecified atom stereocenters. The van der Waals surface area contributed by atoms with Crippen molar-refractivity contribution in [1.29, 1.82) is 0 Å². The number of aliphatic hydroxyl groups is 1. The lowest BCUT2D eigenvalue weighted by atomic mass is 10.00. The Hall–Kier alpha value is -0.930. The van der Waals surface area contributed by atoms with Gasteiger partial charge in [0.1, 0.15) is 13.2 Å². The van der Waals surface area contributed by atoms with Crippen LogP contribution in [-0.2, 0) is 6.42 Å². The molecule has 0 atom stereocenters. The zero-order chi connectivity index (χ0) is 12.0. The van der Waals surface area contributed by atoms with Crippen LogP contribution in [0.15, 0.2) is 6.07 Å². The van der Waals surface area contributed by atoms with Crippen molar-refractivity contribution in [3.05, 3.63) is 22.2 Å². The van der Waals surface area contributed by atoms with E-state index in [0.717, 1.165) is 29.7 Å². The minimum atomic E-state index is -0.516. The molecule has 3 nitrogen and oxygen atoms in total. The molecule has 1 aromatic carbocycles. The second-order valence-electron chi connectivity index (χ2n) is 4.90. The Bertz CT molecular complexity index is 466. The van der Waals surface area contributed by atoms with Gasteiger partial charge in [0.2, 0.25) is 0 Å². The van der Waals surface area contributed by atoms with Gasteiger partial charge in [-0.25, -0.2) is 0 Å². The monoisotopic (exact) mass is 254 g/mol. The summed E-state index contributed by atoms with van der Waals surface area (Å²) in [5.74, 6) is 1.38. The van der Waals surface area contributed by atoms with Gasteiger partial charge in [0.25, 0.3) is 0 Å². The maximum absolute atomic E-state index is 9.99. The Morgan fingerprint density at radius 1 is 1.29 bits per heavy atom. The van der Waals surface area contributed by atoms with E-state index in [-0.39, 0.29) is 0 Å². The minimum Gasteiger partial charge on any atom is -0.486 e. The molecule has 0 saturated heterocycles. The first-order chi connectivity index (χ1) is 8.09. The molecule has 1 aliphatic heterocycles. The van der Waals surface area contributed by atoms with E-state index >= 15 is 0 Å². The second kappa shape index (κ2) is 3.79. The largest absolute Gasteiger partial charge is 0.486 e. The summed E-state index contributed by atoms with van der Waals surface area (Å²) in [6, 6.07) is 1.89. The Kier molecular flexibility index (Phi) is 2.49. The van der Waals surface area contributed by atoms with Crippen LogP contribution >= 0.6 is 11.6 Å². The van der Waals surface area contributed by atoms with Crippen molar-refractivity contribution >= 4 is 11.6 Å². The molecule has 0 aromatic heterocycles. The highest BCUT2D eigenvalue weighted by Gasteiger charge is 2.41. The Labute approximate surface area is 105 Å². The van der Waals surface area contributed by atoms with E-state index in [0.29, 0.717) is 30.4 Å². The smallest absolute Gasteiger partial charge is 0.180 e. The molecule has 1 saturated carbocycles. The molecule has 3 rings (SSSR count). The molecule has 0 spiro atoms. The molecule has 0 bridgehead atoms. The zero-order valence-electron chi connectivity index (χ0n) is 9.75. The van der Waals surface area contributed by atoms with E-state index in [4.69, 9.17) is 21.1 Å². The Morgan fingerprint density at radius 2 is 1.94 bits per heavy atom. The number of hydrogen-bond donors (Lipinski definition) is 1. The maximum Gasteiger partial charge on any atom is 0.180 e. The van der Waals surface area contributed by atoms with E-state index in [1.54, 1.807) is 0 Å². The maximum atomic E-state index is 9.99. The van der Waals surface area contributed by atoms with Crippen molar-refractivity contribution in [3.8, 4) is 11.5 Å². The van der Waals surface area contributed by atoms with Gasteiger partial charge >= 0.3 is 0 Å². The first kappa shape index (κ1) is 11.2. The van der Waals surface area contributed by atoms with Crippen molar-refractivity contribution in [2.24, 2.45) is 0 Å². The van der Waals surface area contributed by atoms with Crippen LogP contribution in [0.5, 0.6) is 11.5 Å². The number of benzene rings is 1. The lowest BCUT2D eigenvalue weighted by molar-refractivity contribution is 0.149. The van der Waals surface area contributed by atoms with Crippen molar-refractivity contribution in [2.75, 3.05) is 13.2 Å². The topological polar surface area (TPSA) is 38.7 Å². The van der Waals surface area contributed by atoms with Gasteiger partial charge in [-0.05, 0) is 37.0 Å². The first-order valence-electron chi connectivity index (χ1n) is 5.89. The molecule has 0 radical (unpaired) electrons. The van der Waals surface area contributed by atoms with Crippen LogP contribution < -0.4 is 9.47 Å². The molecule has 4 heteroatoms. The summed E-state index contributed by atoms with van der Waals surface area (Å²) < 4.78 is 11.1. The van der Waals surface area contributed by atoms with E-state index in [1.807, 2.05) is 13.0 Å². The van der Waals surface area contributed by atoms with Crippen molar-refractivity contribution < 1.29 is 14.6 Å². The third kappa shape index (κ3) is 1.98. The number of hydrogen-bond acceptors (Lipinski definition) is 3. The van der Waals surface area contributed by atoms with Crippen LogP contribution in [0, 0.1) is 6.92 Å². The fourth-order valence-electron chi connectivity index (χ4n) is 2.21. The molecule has 17 heavy (non-hydrogen) atoms. The summed E-state index contributed by atoms with van der Waals surface area (Å²) >= 11 is 6.18. The molecule has 2 aliphatic rings. The van der Waals surface area contributed by atoms with Gasteiger partial charge in [0.05, 0.1) is 10.6 Å². The van der Waals surface area contributed by atoms with E-state index in [1.165, 1.54) is 0 Å². The van der Waals surface area contributed by atoms with Crippen LogP contribution in [0.25, 0.3) is 0 Å². The summed E-state index contributed by atoms with van der Waals surface area (Å²) in [7, 11) is 0. The summed E-state index contributed by atoms with van der Waals surface area (Å²) in [5.41, 5.74) is 1.57. The summed E-state index contributed by atoms with van der Waals surface area (Å²) in [6.07, 6.45) is 2.40. The van der Waals surface area contributed by atoms with Gasteiger partial charge in [-0.3, -0.25) is 0 Å². The van der Waals surface area contributed by atoms with E-state index in [9.17, 15) is 5.11 Å².